The minimum Gasteiger partial charge on any atom is -0.465 e. The van der Waals surface area contributed by atoms with E-state index in [4.69, 9.17) is 25.0 Å². The number of rotatable bonds is 37. The van der Waals surface area contributed by atoms with E-state index in [1.54, 1.807) is 0 Å². The van der Waals surface area contributed by atoms with Crippen molar-refractivity contribution in [1.29, 1.82) is 0 Å². The molecule has 0 aromatic heterocycles. The first-order valence-electron chi connectivity index (χ1n) is 22.3. The van der Waals surface area contributed by atoms with Crippen molar-refractivity contribution in [2.75, 3.05) is 42.8 Å². The molecule has 0 heterocycles. The fourth-order valence-corrected chi connectivity index (χ4v) is 18.5. The standard InChI is InChI=1S/C43H91N2O5PS/c1-8-15-17-19-21-23-25-27-29-31-33-35-41(46)48-38-43(37-10-3,40-50-51(44,45)52(11-4,12-5,13-6)14-7)39-49-42(47)36-34-32-30-28-26-24-22-20-18-16-9-2/h8-40,44-45H2,1-7H3. The van der Waals surface area contributed by atoms with Crippen molar-refractivity contribution in [3.63, 3.8) is 0 Å². The topological polar surface area (TPSA) is 114 Å². The molecule has 0 unspecified atom stereocenters. The molecule has 0 bridgehead atoms. The molecule has 0 saturated carbocycles. The molecule has 0 atom stereocenters. The molecule has 0 aliphatic carbocycles. The number of esters is 2. The van der Waals surface area contributed by atoms with Crippen molar-refractivity contribution in [3.05, 3.63) is 0 Å². The number of ether oxygens (including phenoxy) is 2. The normalized spacial score (nSPS) is 13.2. The van der Waals surface area contributed by atoms with Gasteiger partial charge in [0.2, 0.25) is 0 Å². The highest BCUT2D eigenvalue weighted by molar-refractivity contribution is 8.52. The molecule has 0 aliphatic rings. The second-order valence-electron chi connectivity index (χ2n) is 16.0. The van der Waals surface area contributed by atoms with Gasteiger partial charge in [-0.3, -0.25) is 20.6 Å². The zero-order valence-electron chi connectivity index (χ0n) is 35.9. The Hall–Kier alpha value is -0.400. The van der Waals surface area contributed by atoms with Crippen LogP contribution >= 0.6 is 6.57 Å². The van der Waals surface area contributed by atoms with E-state index in [9.17, 15) is 9.59 Å². The zero-order valence-corrected chi connectivity index (χ0v) is 37.6. The largest absolute Gasteiger partial charge is 0.465 e. The summed E-state index contributed by atoms with van der Waals surface area (Å²) in [4.78, 5) is 26.0. The lowest BCUT2D eigenvalue weighted by molar-refractivity contribution is -0.156. The lowest BCUT2D eigenvalue weighted by Crippen LogP contribution is -2.48. The molecule has 0 saturated heterocycles. The van der Waals surface area contributed by atoms with Gasteiger partial charge in [-0.25, -0.2) is 8.34 Å². The molecular formula is C43H91N2O5PS. The minimum absolute atomic E-state index is 0.146. The van der Waals surface area contributed by atoms with Gasteiger partial charge in [0.15, 0.2) is 0 Å². The second kappa shape index (κ2) is 30.8. The van der Waals surface area contributed by atoms with E-state index in [0.29, 0.717) is 19.3 Å². The minimum atomic E-state index is -2.78. The summed E-state index contributed by atoms with van der Waals surface area (Å²) in [6.07, 6.45) is 29.6. The summed E-state index contributed by atoms with van der Waals surface area (Å²) in [7, 11) is -2.22. The smallest absolute Gasteiger partial charge is 0.305 e. The Morgan fingerprint density at radius 3 is 1.06 bits per heavy atom. The molecule has 314 valence electrons. The number of hydrogen-bond donors (Lipinski definition) is 2. The van der Waals surface area contributed by atoms with E-state index in [-0.39, 0.29) is 31.8 Å². The molecule has 0 aromatic rings. The Balaban J connectivity index is 5.29. The molecule has 0 aliphatic heterocycles. The predicted molar refractivity (Wildman–Crippen MR) is 232 cm³/mol. The Bertz CT molecular complexity index is 918. The lowest BCUT2D eigenvalue weighted by Gasteiger charge is -2.53. The zero-order chi connectivity index (χ0) is 39.1. The van der Waals surface area contributed by atoms with Crippen LogP contribution < -0.4 is 11.0 Å². The summed E-state index contributed by atoms with van der Waals surface area (Å²) in [5, 5.41) is 0. The van der Waals surface area contributed by atoms with Gasteiger partial charge in [0, 0.05) is 12.8 Å². The number of carbonyl (C=O) groups is 2. The van der Waals surface area contributed by atoms with Crippen LogP contribution in [0.3, 0.4) is 0 Å². The van der Waals surface area contributed by atoms with Crippen LogP contribution in [0.2, 0.25) is 0 Å². The summed E-state index contributed by atoms with van der Waals surface area (Å²) >= 11 is 0. The first-order valence-corrected chi connectivity index (χ1v) is 27.5. The van der Waals surface area contributed by atoms with Crippen LogP contribution in [0.15, 0.2) is 0 Å². The van der Waals surface area contributed by atoms with Gasteiger partial charge in [0.05, 0.1) is 12.0 Å². The van der Waals surface area contributed by atoms with E-state index in [2.05, 4.69) is 48.5 Å². The monoisotopic (exact) mass is 779 g/mol. The van der Waals surface area contributed by atoms with Crippen LogP contribution in [0.1, 0.15) is 215 Å². The highest BCUT2D eigenvalue weighted by Gasteiger charge is 2.40. The molecule has 4 N–H and O–H groups in total. The third kappa shape index (κ3) is 20.0. The molecule has 0 rings (SSSR count). The summed E-state index contributed by atoms with van der Waals surface area (Å²) in [5.74, 6) is 3.36. The van der Waals surface area contributed by atoms with Crippen LogP contribution in [0, 0.1) is 5.41 Å². The second-order valence-corrected chi connectivity index (χ2v) is 28.1. The van der Waals surface area contributed by atoms with Gasteiger partial charge in [-0.1, -0.05) is 183 Å². The van der Waals surface area contributed by atoms with Crippen molar-refractivity contribution in [3.8, 4) is 0 Å². The van der Waals surface area contributed by atoms with Gasteiger partial charge in [-0.2, -0.15) is 0 Å². The van der Waals surface area contributed by atoms with Gasteiger partial charge in [-0.15, -0.1) is 0 Å². The molecule has 0 amide bonds. The van der Waals surface area contributed by atoms with Gasteiger partial charge in [0.25, 0.3) is 0 Å². The molecule has 0 radical (unpaired) electrons. The van der Waals surface area contributed by atoms with Crippen LogP contribution in [0.4, 0.5) is 0 Å². The fraction of sp³-hybridized carbons (Fsp3) is 0.953. The SMILES string of the molecule is CCCCCCCCCCCCCC(=O)OCC(CCC)(COC(=O)CCCCCCCCCCCCC)COP(N)(N)=S(CC)(CC)(CC)CC. The van der Waals surface area contributed by atoms with Crippen molar-refractivity contribution >= 4 is 26.8 Å². The van der Waals surface area contributed by atoms with Crippen LogP contribution in [0.5, 0.6) is 0 Å². The number of unbranched alkanes of at least 4 members (excludes halogenated alkanes) is 20. The number of hydrogen-bond acceptors (Lipinski definition) is 5. The average molecular weight is 779 g/mol. The van der Waals surface area contributed by atoms with Crippen LogP contribution in [0.25, 0.3) is 0 Å². The van der Waals surface area contributed by atoms with E-state index in [1.165, 1.54) is 116 Å². The molecule has 0 aromatic carbocycles. The van der Waals surface area contributed by atoms with Crippen LogP contribution in [-0.4, -0.2) is 54.8 Å². The Morgan fingerprint density at radius 2 is 0.769 bits per heavy atom. The highest BCUT2D eigenvalue weighted by Crippen LogP contribution is 2.54. The maximum atomic E-state index is 13.0. The quantitative estimate of drug-likeness (QED) is 0.0367. The van der Waals surface area contributed by atoms with E-state index >= 15 is 0 Å². The van der Waals surface area contributed by atoms with Gasteiger partial charge in [-0.05, 0) is 42.3 Å². The predicted octanol–water partition coefficient (Wildman–Crippen LogP) is 12.6. The Labute approximate surface area is 324 Å². The third-order valence-corrected chi connectivity index (χ3v) is 28.5. The van der Waals surface area contributed by atoms with Crippen LogP contribution in [-0.2, 0) is 31.9 Å². The van der Waals surface area contributed by atoms with Gasteiger partial charge < -0.3 is 14.0 Å². The maximum absolute atomic E-state index is 13.0. The van der Waals surface area contributed by atoms with Gasteiger partial charge in [0.1, 0.15) is 19.8 Å². The fourth-order valence-electron chi connectivity index (χ4n) is 7.77. The van der Waals surface area contributed by atoms with E-state index in [1.807, 2.05) is 0 Å². The molecule has 9 heteroatoms. The molecule has 0 fully saturated rings. The molecule has 7 nitrogen and oxygen atoms in total. The molecular weight excluding hydrogens is 688 g/mol. The Kier molecular flexibility index (Phi) is 30.5. The van der Waals surface area contributed by atoms with Crippen molar-refractivity contribution < 1.29 is 23.6 Å². The number of carbonyl (C=O) groups excluding carboxylic acids is 2. The van der Waals surface area contributed by atoms with Crippen molar-refractivity contribution in [2.24, 2.45) is 16.4 Å². The summed E-state index contributed by atoms with van der Waals surface area (Å²) in [6.45, 7) is 13.2. The van der Waals surface area contributed by atoms with Crippen molar-refractivity contribution in [1.82, 2.24) is 0 Å². The summed E-state index contributed by atoms with van der Waals surface area (Å²) < 4.78 is 18.7. The lowest BCUT2D eigenvalue weighted by atomic mass is 9.86. The highest BCUT2D eigenvalue weighted by atomic mass is 32.6. The Morgan fingerprint density at radius 1 is 0.462 bits per heavy atom. The summed E-state index contributed by atoms with van der Waals surface area (Å²) in [6, 6.07) is 0. The third-order valence-electron chi connectivity index (χ3n) is 12.2. The first kappa shape index (κ1) is 51.6. The van der Waals surface area contributed by atoms with Gasteiger partial charge >= 0.3 is 11.9 Å². The van der Waals surface area contributed by atoms with E-state index in [0.717, 1.165) is 55.1 Å². The first-order chi connectivity index (χ1) is 25.0. The number of nitrogens with two attached hydrogens (primary N) is 2. The average Bonchev–Trinajstić information content (AvgIpc) is 3.15. The maximum Gasteiger partial charge on any atom is 0.305 e. The molecule has 52 heavy (non-hydrogen) atoms. The van der Waals surface area contributed by atoms with E-state index < -0.39 is 20.3 Å². The molecule has 0 spiro atoms. The van der Waals surface area contributed by atoms with Crippen molar-refractivity contribution in [2.45, 2.75) is 215 Å². The summed E-state index contributed by atoms with van der Waals surface area (Å²) in [5.41, 5.74) is 13.5.